The number of benzene rings is 2. The molecule has 0 fully saturated rings. The van der Waals surface area contributed by atoms with Gasteiger partial charge in [-0.15, -0.1) is 0 Å². The summed E-state index contributed by atoms with van der Waals surface area (Å²) in [4.78, 5) is 14.0. The van der Waals surface area contributed by atoms with E-state index in [1.807, 2.05) is 29.2 Å². The van der Waals surface area contributed by atoms with Gasteiger partial charge in [0.05, 0.1) is 12.6 Å². The quantitative estimate of drug-likeness (QED) is 0.816. The molecule has 4 nitrogen and oxygen atoms in total. The first-order valence-corrected chi connectivity index (χ1v) is 8.95. The number of aryl methyl sites for hydroxylation is 1. The van der Waals surface area contributed by atoms with Crippen LogP contribution in [0.5, 0.6) is 0 Å². The molecule has 2 aromatic carbocycles. The van der Waals surface area contributed by atoms with Gasteiger partial charge in [-0.1, -0.05) is 29.5 Å². The summed E-state index contributed by atoms with van der Waals surface area (Å²) >= 11 is 0. The molecule has 1 aliphatic rings. The molecule has 2 aromatic rings. The maximum Gasteiger partial charge on any atom is 0.224 e. The van der Waals surface area contributed by atoms with Crippen molar-refractivity contribution in [2.24, 2.45) is 5.73 Å². The zero-order valence-corrected chi connectivity index (χ0v) is 15.5. The Labute approximate surface area is 155 Å². The number of nitrogens with zero attached hydrogens (tertiary/aromatic N) is 1. The van der Waals surface area contributed by atoms with Crippen molar-refractivity contribution in [1.82, 2.24) is 0 Å². The van der Waals surface area contributed by atoms with E-state index >= 15 is 0 Å². The van der Waals surface area contributed by atoms with E-state index < -0.39 is 0 Å². The van der Waals surface area contributed by atoms with Gasteiger partial charge < -0.3 is 16.0 Å². The average molecular weight is 347 g/mol. The number of carbonyl (C=O) groups excluding carboxylic acids is 1. The van der Waals surface area contributed by atoms with E-state index in [0.717, 1.165) is 23.4 Å². The topological polar surface area (TPSA) is 58.4 Å². The summed E-state index contributed by atoms with van der Waals surface area (Å²) in [6.07, 6.45) is 0.866. The normalized spacial score (nSPS) is 18.5. The maximum absolute atomic E-state index is 12.1. The van der Waals surface area contributed by atoms with Crippen molar-refractivity contribution in [2.75, 3.05) is 16.8 Å². The van der Waals surface area contributed by atoms with E-state index in [-0.39, 0.29) is 18.0 Å². The van der Waals surface area contributed by atoms with Crippen molar-refractivity contribution in [1.29, 1.82) is 0 Å². The molecule has 0 unspecified atom stereocenters. The van der Waals surface area contributed by atoms with Gasteiger partial charge in [-0.3, -0.25) is 4.79 Å². The minimum Gasteiger partial charge on any atom is -0.378 e. The Balaban J connectivity index is 1.89. The average Bonchev–Trinajstić information content (AvgIpc) is 2.61. The molecule has 0 radical (unpaired) electrons. The highest BCUT2D eigenvalue weighted by Crippen LogP contribution is 2.39. The van der Waals surface area contributed by atoms with Crippen molar-refractivity contribution in [3.8, 4) is 11.8 Å². The Morgan fingerprint density at radius 1 is 1.27 bits per heavy atom. The molecule has 0 aliphatic carbocycles. The number of fused-ring (bicyclic) bond motifs is 1. The number of carbonyl (C=O) groups is 1. The van der Waals surface area contributed by atoms with Crippen LogP contribution in [0.2, 0.25) is 0 Å². The highest BCUT2D eigenvalue weighted by molar-refractivity contribution is 5.93. The third-order valence-corrected chi connectivity index (χ3v) is 4.74. The molecule has 2 atom stereocenters. The zero-order valence-electron chi connectivity index (χ0n) is 15.5. The second-order valence-electron chi connectivity index (χ2n) is 6.82. The molecule has 3 rings (SSSR count). The number of nitrogens with two attached hydrogens (primary N) is 1. The molecular formula is C22H25N3O. The standard InChI is InChI=1S/C22H25N3O/c1-15-6-11-22-20(13-15)21(14-16(2)25(22)17(3)26)24-19-9-7-18(8-10-19)5-4-12-23/h6-11,13,16,21,24H,12,14,23H2,1-3H3/t16-,21+/m0/s1. The van der Waals surface area contributed by atoms with Gasteiger partial charge in [0, 0.05) is 29.9 Å². The number of anilines is 2. The van der Waals surface area contributed by atoms with Crippen molar-refractivity contribution in [3.63, 3.8) is 0 Å². The lowest BCUT2D eigenvalue weighted by Crippen LogP contribution is -2.43. The van der Waals surface area contributed by atoms with Crippen LogP contribution in [-0.4, -0.2) is 18.5 Å². The molecule has 0 saturated heterocycles. The fourth-order valence-electron chi connectivity index (χ4n) is 3.60. The monoisotopic (exact) mass is 347 g/mol. The smallest absolute Gasteiger partial charge is 0.224 e. The summed E-state index contributed by atoms with van der Waals surface area (Å²) in [5, 5.41) is 3.63. The van der Waals surface area contributed by atoms with E-state index in [9.17, 15) is 4.79 Å². The molecule has 1 heterocycles. The van der Waals surface area contributed by atoms with Crippen molar-refractivity contribution < 1.29 is 4.79 Å². The Hall–Kier alpha value is -2.77. The molecule has 1 aliphatic heterocycles. The summed E-state index contributed by atoms with van der Waals surface area (Å²) < 4.78 is 0. The van der Waals surface area contributed by atoms with Gasteiger partial charge in [-0.25, -0.2) is 0 Å². The van der Waals surface area contributed by atoms with Gasteiger partial charge in [-0.05, 0) is 56.2 Å². The number of amides is 1. The van der Waals surface area contributed by atoms with E-state index in [2.05, 4.69) is 49.2 Å². The van der Waals surface area contributed by atoms with Gasteiger partial charge >= 0.3 is 0 Å². The van der Waals surface area contributed by atoms with E-state index in [1.54, 1.807) is 6.92 Å². The van der Waals surface area contributed by atoms with Gasteiger partial charge in [0.1, 0.15) is 0 Å². The second kappa shape index (κ2) is 7.63. The SMILES string of the molecule is CC(=O)N1c2ccc(C)cc2[C@H](Nc2ccc(C#CCN)cc2)C[C@@H]1C. The van der Waals surface area contributed by atoms with Crippen LogP contribution in [-0.2, 0) is 4.79 Å². The number of hydrogen-bond donors (Lipinski definition) is 2. The van der Waals surface area contributed by atoms with Crippen LogP contribution in [0.25, 0.3) is 0 Å². The lowest BCUT2D eigenvalue weighted by atomic mass is 9.90. The fraction of sp³-hybridized carbons (Fsp3) is 0.318. The number of rotatable bonds is 2. The highest BCUT2D eigenvalue weighted by Gasteiger charge is 2.32. The molecule has 0 saturated carbocycles. The van der Waals surface area contributed by atoms with Crippen LogP contribution in [0.4, 0.5) is 11.4 Å². The Kier molecular flexibility index (Phi) is 5.29. The third-order valence-electron chi connectivity index (χ3n) is 4.74. The predicted molar refractivity (Wildman–Crippen MR) is 107 cm³/mol. The highest BCUT2D eigenvalue weighted by atomic mass is 16.2. The van der Waals surface area contributed by atoms with Gasteiger partial charge in [-0.2, -0.15) is 0 Å². The minimum atomic E-state index is 0.0869. The molecule has 0 spiro atoms. The largest absolute Gasteiger partial charge is 0.378 e. The number of nitrogens with one attached hydrogen (secondary N) is 1. The van der Waals surface area contributed by atoms with Gasteiger partial charge in [0.25, 0.3) is 0 Å². The van der Waals surface area contributed by atoms with Crippen molar-refractivity contribution >= 4 is 17.3 Å². The lowest BCUT2D eigenvalue weighted by Gasteiger charge is -2.39. The molecule has 0 aromatic heterocycles. The van der Waals surface area contributed by atoms with Crippen LogP contribution >= 0.6 is 0 Å². The number of hydrogen-bond acceptors (Lipinski definition) is 3. The Bertz CT molecular complexity index is 861. The van der Waals surface area contributed by atoms with Crippen LogP contribution in [0.3, 0.4) is 0 Å². The molecule has 4 heteroatoms. The summed E-state index contributed by atoms with van der Waals surface area (Å²) in [6.45, 7) is 6.18. The van der Waals surface area contributed by atoms with Crippen LogP contribution in [0.1, 0.15) is 43.0 Å². The molecule has 26 heavy (non-hydrogen) atoms. The van der Waals surface area contributed by atoms with Crippen molar-refractivity contribution in [2.45, 2.75) is 39.3 Å². The van der Waals surface area contributed by atoms with E-state index in [0.29, 0.717) is 6.54 Å². The first kappa shape index (κ1) is 18.0. The minimum absolute atomic E-state index is 0.0869. The van der Waals surface area contributed by atoms with Crippen molar-refractivity contribution in [3.05, 3.63) is 59.2 Å². The first-order valence-electron chi connectivity index (χ1n) is 8.95. The van der Waals surface area contributed by atoms with Gasteiger partial charge in [0.2, 0.25) is 5.91 Å². The summed E-state index contributed by atoms with van der Waals surface area (Å²) in [5.74, 6) is 5.99. The first-order chi connectivity index (χ1) is 12.5. The molecule has 134 valence electrons. The molecular weight excluding hydrogens is 322 g/mol. The maximum atomic E-state index is 12.1. The summed E-state index contributed by atoms with van der Waals surface area (Å²) in [7, 11) is 0. The Morgan fingerprint density at radius 2 is 2.00 bits per heavy atom. The zero-order chi connectivity index (χ0) is 18.7. The summed E-state index contributed by atoms with van der Waals surface area (Å²) in [6, 6.07) is 14.7. The van der Waals surface area contributed by atoms with E-state index in [1.165, 1.54) is 11.1 Å². The Morgan fingerprint density at radius 3 is 2.65 bits per heavy atom. The lowest BCUT2D eigenvalue weighted by molar-refractivity contribution is -0.117. The summed E-state index contributed by atoms with van der Waals surface area (Å²) in [5.41, 5.74) is 10.8. The van der Waals surface area contributed by atoms with Crippen LogP contribution < -0.4 is 16.0 Å². The fourth-order valence-corrected chi connectivity index (χ4v) is 3.60. The van der Waals surface area contributed by atoms with Crippen LogP contribution in [0.15, 0.2) is 42.5 Å². The van der Waals surface area contributed by atoms with Gasteiger partial charge in [0.15, 0.2) is 0 Å². The predicted octanol–water partition coefficient (Wildman–Crippen LogP) is 3.60. The molecule has 3 N–H and O–H groups in total. The second-order valence-corrected chi connectivity index (χ2v) is 6.82. The van der Waals surface area contributed by atoms with E-state index in [4.69, 9.17) is 5.73 Å². The molecule has 0 bridgehead atoms. The molecule has 1 amide bonds. The third kappa shape index (κ3) is 3.74. The van der Waals surface area contributed by atoms with Crippen LogP contribution in [0, 0.1) is 18.8 Å².